The third kappa shape index (κ3) is 5.03. The topological polar surface area (TPSA) is 65.4 Å². The number of ether oxygens (including phenoxy) is 2. The fourth-order valence-corrected chi connectivity index (χ4v) is 4.44. The van der Waals surface area contributed by atoms with E-state index in [1.54, 1.807) is 19.2 Å². The number of fused-ring (bicyclic) bond motifs is 2. The summed E-state index contributed by atoms with van der Waals surface area (Å²) in [5, 5.41) is 5.45. The van der Waals surface area contributed by atoms with Gasteiger partial charge in [-0.05, 0) is 66.6 Å². The Kier molecular flexibility index (Phi) is 6.85. The Balaban J connectivity index is 1.29. The van der Waals surface area contributed by atoms with E-state index in [9.17, 15) is 4.79 Å². The molecule has 0 spiro atoms. The van der Waals surface area contributed by atoms with Gasteiger partial charge in [0.15, 0.2) is 0 Å². The van der Waals surface area contributed by atoms with Crippen molar-refractivity contribution < 1.29 is 14.3 Å². The molecule has 0 aliphatic rings. The molecular formula is C30H29N3O3. The van der Waals surface area contributed by atoms with E-state index in [0.29, 0.717) is 17.9 Å². The van der Waals surface area contributed by atoms with Gasteiger partial charge in [-0.25, -0.2) is 4.98 Å². The molecule has 1 unspecified atom stereocenters. The molecule has 6 heteroatoms. The van der Waals surface area contributed by atoms with Crippen molar-refractivity contribution in [1.82, 2.24) is 14.9 Å². The van der Waals surface area contributed by atoms with Crippen LogP contribution in [0.3, 0.4) is 0 Å². The van der Waals surface area contributed by atoms with Crippen LogP contribution in [0.5, 0.6) is 11.5 Å². The molecule has 0 aliphatic heterocycles. The van der Waals surface area contributed by atoms with Crippen molar-refractivity contribution in [3.63, 3.8) is 0 Å². The van der Waals surface area contributed by atoms with E-state index in [4.69, 9.17) is 14.5 Å². The molecular weight excluding hydrogens is 450 g/mol. The highest BCUT2D eigenvalue weighted by molar-refractivity contribution is 5.94. The second-order valence-electron chi connectivity index (χ2n) is 8.75. The Morgan fingerprint density at radius 1 is 0.917 bits per heavy atom. The lowest BCUT2D eigenvalue weighted by Crippen LogP contribution is -2.29. The number of nitrogens with zero attached hydrogens (tertiary/aromatic N) is 2. The molecule has 1 atom stereocenters. The third-order valence-corrected chi connectivity index (χ3v) is 6.27. The van der Waals surface area contributed by atoms with E-state index in [2.05, 4.69) is 40.2 Å². The second-order valence-corrected chi connectivity index (χ2v) is 8.75. The molecule has 1 aromatic heterocycles. The van der Waals surface area contributed by atoms with Crippen molar-refractivity contribution in [3.8, 4) is 11.5 Å². The van der Waals surface area contributed by atoms with Crippen LogP contribution in [0, 0.1) is 0 Å². The molecule has 0 aliphatic carbocycles. The monoisotopic (exact) mass is 479 g/mol. The first kappa shape index (κ1) is 23.4. The normalized spacial score (nSPS) is 11.9. The number of imidazole rings is 1. The van der Waals surface area contributed by atoms with Crippen LogP contribution in [0.15, 0.2) is 91.0 Å². The fourth-order valence-electron chi connectivity index (χ4n) is 4.44. The van der Waals surface area contributed by atoms with Crippen LogP contribution < -0.4 is 14.8 Å². The highest BCUT2D eigenvalue weighted by Crippen LogP contribution is 2.23. The number of hydrogen-bond donors (Lipinski definition) is 1. The maximum Gasteiger partial charge on any atom is 0.251 e. The van der Waals surface area contributed by atoms with Gasteiger partial charge in [-0.15, -0.1) is 0 Å². The molecule has 0 saturated heterocycles. The number of aromatic nitrogens is 2. The molecule has 1 N–H and O–H groups in total. The van der Waals surface area contributed by atoms with Gasteiger partial charge in [0.25, 0.3) is 5.91 Å². The Morgan fingerprint density at radius 3 is 2.58 bits per heavy atom. The minimum Gasteiger partial charge on any atom is -0.497 e. The van der Waals surface area contributed by atoms with Gasteiger partial charge in [-0.2, -0.15) is 0 Å². The van der Waals surface area contributed by atoms with Crippen molar-refractivity contribution in [1.29, 1.82) is 0 Å². The van der Waals surface area contributed by atoms with Crippen LogP contribution >= 0.6 is 0 Å². The van der Waals surface area contributed by atoms with Crippen molar-refractivity contribution in [2.75, 3.05) is 13.7 Å². The number of nitrogens with one attached hydrogen (secondary N) is 1. The predicted molar refractivity (Wildman–Crippen MR) is 143 cm³/mol. The van der Waals surface area contributed by atoms with Gasteiger partial charge >= 0.3 is 0 Å². The standard InChI is InChI=1S/C30H29N3O3/c1-21(31-30(34)24-11-7-12-25(20-24)35-2)29-32-27-13-5-6-14-28(27)33(29)17-8-18-36-26-16-15-22-9-3-4-10-23(22)19-26/h3-7,9-16,19-21H,8,17-18H2,1-2H3,(H,31,34). The summed E-state index contributed by atoms with van der Waals surface area (Å²) in [5.74, 6) is 2.16. The zero-order chi connectivity index (χ0) is 24.9. The minimum absolute atomic E-state index is 0.167. The van der Waals surface area contributed by atoms with Crippen LogP contribution in [0.1, 0.15) is 35.6 Å². The Bertz CT molecular complexity index is 1510. The van der Waals surface area contributed by atoms with E-state index in [-0.39, 0.29) is 11.9 Å². The highest BCUT2D eigenvalue weighted by Gasteiger charge is 2.19. The molecule has 0 saturated carbocycles. The Hall–Kier alpha value is -4.32. The first-order valence-electron chi connectivity index (χ1n) is 12.1. The van der Waals surface area contributed by atoms with Crippen molar-refractivity contribution in [3.05, 3.63) is 102 Å². The van der Waals surface area contributed by atoms with Gasteiger partial charge < -0.3 is 19.4 Å². The van der Waals surface area contributed by atoms with E-state index < -0.39 is 0 Å². The van der Waals surface area contributed by atoms with Gasteiger partial charge in [0.2, 0.25) is 0 Å². The van der Waals surface area contributed by atoms with Crippen LogP contribution in [-0.4, -0.2) is 29.2 Å². The molecule has 1 heterocycles. The van der Waals surface area contributed by atoms with E-state index >= 15 is 0 Å². The van der Waals surface area contributed by atoms with Crippen molar-refractivity contribution >= 4 is 27.7 Å². The largest absolute Gasteiger partial charge is 0.497 e. The summed E-state index contributed by atoms with van der Waals surface area (Å²) >= 11 is 0. The maximum atomic E-state index is 12.9. The van der Waals surface area contributed by atoms with E-state index in [0.717, 1.165) is 35.6 Å². The van der Waals surface area contributed by atoms with Crippen LogP contribution in [-0.2, 0) is 6.54 Å². The first-order chi connectivity index (χ1) is 17.6. The molecule has 0 bridgehead atoms. The Labute approximate surface area is 210 Å². The lowest BCUT2D eigenvalue weighted by Gasteiger charge is -2.17. The first-order valence-corrected chi connectivity index (χ1v) is 12.1. The number of rotatable bonds is 9. The van der Waals surface area contributed by atoms with Crippen LogP contribution in [0.2, 0.25) is 0 Å². The summed E-state index contributed by atoms with van der Waals surface area (Å²) in [4.78, 5) is 17.8. The molecule has 0 fully saturated rings. The highest BCUT2D eigenvalue weighted by atomic mass is 16.5. The molecule has 36 heavy (non-hydrogen) atoms. The molecule has 5 rings (SSSR count). The predicted octanol–water partition coefficient (Wildman–Crippen LogP) is 6.16. The van der Waals surface area contributed by atoms with Gasteiger partial charge in [-0.1, -0.05) is 48.5 Å². The van der Waals surface area contributed by atoms with Gasteiger partial charge in [0.05, 0.1) is 30.8 Å². The van der Waals surface area contributed by atoms with Crippen LogP contribution in [0.25, 0.3) is 21.8 Å². The summed E-state index contributed by atoms with van der Waals surface area (Å²) < 4.78 is 13.5. The molecule has 1 amide bonds. The lowest BCUT2D eigenvalue weighted by molar-refractivity contribution is 0.0937. The van der Waals surface area contributed by atoms with Gasteiger partial charge in [0.1, 0.15) is 17.3 Å². The number of hydrogen-bond acceptors (Lipinski definition) is 4. The van der Waals surface area contributed by atoms with Gasteiger partial charge in [0, 0.05) is 12.1 Å². The fraction of sp³-hybridized carbons (Fsp3) is 0.200. The van der Waals surface area contributed by atoms with Gasteiger partial charge in [-0.3, -0.25) is 4.79 Å². The quantitative estimate of drug-likeness (QED) is 0.257. The number of methoxy groups -OCH3 is 1. The lowest BCUT2D eigenvalue weighted by atomic mass is 10.1. The number of aryl methyl sites for hydroxylation is 1. The molecule has 182 valence electrons. The second kappa shape index (κ2) is 10.5. The number of amides is 1. The zero-order valence-corrected chi connectivity index (χ0v) is 20.5. The number of carbonyl (C=O) groups is 1. The van der Waals surface area contributed by atoms with Crippen molar-refractivity contribution in [2.45, 2.75) is 25.9 Å². The summed E-state index contributed by atoms with van der Waals surface area (Å²) in [6.07, 6.45) is 0.802. The maximum absolute atomic E-state index is 12.9. The van der Waals surface area contributed by atoms with Crippen molar-refractivity contribution in [2.24, 2.45) is 0 Å². The average molecular weight is 480 g/mol. The SMILES string of the molecule is COc1cccc(C(=O)NC(C)c2nc3ccccc3n2CCCOc2ccc3ccccc3c2)c1. The smallest absolute Gasteiger partial charge is 0.251 e. The number of benzene rings is 4. The zero-order valence-electron chi connectivity index (χ0n) is 20.5. The van der Waals surface area contributed by atoms with E-state index in [1.165, 1.54) is 10.8 Å². The number of para-hydroxylation sites is 2. The number of carbonyl (C=O) groups excluding carboxylic acids is 1. The average Bonchev–Trinajstić information content (AvgIpc) is 3.29. The van der Waals surface area contributed by atoms with Crippen LogP contribution in [0.4, 0.5) is 0 Å². The molecule has 5 aromatic rings. The molecule has 0 radical (unpaired) electrons. The molecule has 6 nitrogen and oxygen atoms in total. The summed E-state index contributed by atoms with van der Waals surface area (Å²) in [5.41, 5.74) is 2.50. The third-order valence-electron chi connectivity index (χ3n) is 6.27. The van der Waals surface area contributed by atoms with E-state index in [1.807, 2.05) is 55.5 Å². The summed E-state index contributed by atoms with van der Waals surface area (Å²) in [6, 6.07) is 29.3. The minimum atomic E-state index is -0.280. The Morgan fingerprint density at radius 2 is 1.72 bits per heavy atom. The summed E-state index contributed by atoms with van der Waals surface area (Å²) in [6.45, 7) is 3.26. The molecule has 4 aromatic carbocycles. The summed E-state index contributed by atoms with van der Waals surface area (Å²) in [7, 11) is 1.59.